The molecule has 0 fully saturated rings. The Balaban J connectivity index is 2.32. The lowest BCUT2D eigenvalue weighted by Crippen LogP contribution is -2.51. The summed E-state index contributed by atoms with van der Waals surface area (Å²) in [5.74, 6) is -0.234. The lowest BCUT2D eigenvalue weighted by molar-refractivity contribution is -0.141. The van der Waals surface area contributed by atoms with Crippen LogP contribution in [0.2, 0.25) is 10.0 Å². The van der Waals surface area contributed by atoms with Gasteiger partial charge in [-0.1, -0.05) is 72.9 Å². The summed E-state index contributed by atoms with van der Waals surface area (Å²) < 4.78 is 0. The minimum atomic E-state index is -0.564. The fourth-order valence-electron chi connectivity index (χ4n) is 3.29. The van der Waals surface area contributed by atoms with Gasteiger partial charge in [0.15, 0.2) is 0 Å². The Labute approximate surface area is 189 Å². The number of carbonyl (C=O) groups excluding carboxylic acids is 2. The quantitative estimate of drug-likeness (QED) is 0.545. The molecule has 0 spiro atoms. The Morgan fingerprint density at radius 3 is 2.33 bits per heavy atom. The standard InChI is InChI=1S/C24H30Cl2N2O2/c1-5-17(4)27-24(30)22(6-2)28(15-19-10-11-20(25)21(26)13-19)23(29)14-18-9-7-8-16(3)12-18/h7-13,17,22H,5-6,14-15H2,1-4H3,(H,27,30). The molecule has 0 saturated carbocycles. The van der Waals surface area contributed by atoms with Crippen molar-refractivity contribution in [3.63, 3.8) is 0 Å². The molecule has 1 N–H and O–H groups in total. The number of benzene rings is 2. The van der Waals surface area contributed by atoms with Gasteiger partial charge in [0, 0.05) is 12.6 Å². The molecule has 0 heterocycles. The van der Waals surface area contributed by atoms with Crippen molar-refractivity contribution in [2.24, 2.45) is 0 Å². The molecule has 2 aromatic carbocycles. The Hall–Kier alpha value is -2.04. The van der Waals surface area contributed by atoms with E-state index in [1.807, 2.05) is 58.0 Å². The number of halogens is 2. The molecule has 0 saturated heterocycles. The van der Waals surface area contributed by atoms with E-state index in [0.717, 1.165) is 23.1 Å². The molecule has 6 heteroatoms. The van der Waals surface area contributed by atoms with Gasteiger partial charge in [-0.2, -0.15) is 0 Å². The Kier molecular flexibility index (Phi) is 9.19. The number of carbonyl (C=O) groups is 2. The Morgan fingerprint density at radius 1 is 1.00 bits per heavy atom. The molecular weight excluding hydrogens is 419 g/mol. The summed E-state index contributed by atoms with van der Waals surface area (Å²) in [5.41, 5.74) is 2.85. The third-order valence-electron chi connectivity index (χ3n) is 5.16. The number of rotatable bonds is 9. The fourth-order valence-corrected chi connectivity index (χ4v) is 3.61. The molecule has 162 valence electrons. The summed E-state index contributed by atoms with van der Waals surface area (Å²) in [6, 6.07) is 12.6. The molecule has 2 aromatic rings. The van der Waals surface area contributed by atoms with Gasteiger partial charge in [-0.25, -0.2) is 0 Å². The van der Waals surface area contributed by atoms with Gasteiger partial charge in [0.2, 0.25) is 11.8 Å². The van der Waals surface area contributed by atoms with Gasteiger partial charge in [-0.15, -0.1) is 0 Å². The lowest BCUT2D eigenvalue weighted by Gasteiger charge is -2.31. The first-order chi connectivity index (χ1) is 14.2. The third kappa shape index (κ3) is 6.75. The molecule has 0 aliphatic carbocycles. The first-order valence-electron chi connectivity index (χ1n) is 10.3. The summed E-state index contributed by atoms with van der Waals surface area (Å²) in [6.07, 6.45) is 1.57. The number of nitrogens with zero attached hydrogens (tertiary/aromatic N) is 1. The van der Waals surface area contributed by atoms with Crippen LogP contribution in [0.25, 0.3) is 0 Å². The highest BCUT2D eigenvalue weighted by atomic mass is 35.5. The van der Waals surface area contributed by atoms with E-state index < -0.39 is 6.04 Å². The van der Waals surface area contributed by atoms with Crippen molar-refractivity contribution in [2.45, 2.75) is 65.6 Å². The number of nitrogens with one attached hydrogen (secondary N) is 1. The van der Waals surface area contributed by atoms with E-state index in [0.29, 0.717) is 16.5 Å². The van der Waals surface area contributed by atoms with Gasteiger partial charge < -0.3 is 10.2 Å². The van der Waals surface area contributed by atoms with Crippen LogP contribution < -0.4 is 5.32 Å². The van der Waals surface area contributed by atoms with E-state index in [1.165, 1.54) is 0 Å². The lowest BCUT2D eigenvalue weighted by atomic mass is 10.0. The SMILES string of the molecule is CCC(C)NC(=O)C(CC)N(Cc1ccc(Cl)c(Cl)c1)C(=O)Cc1cccc(C)c1. The van der Waals surface area contributed by atoms with Gasteiger partial charge in [0.25, 0.3) is 0 Å². The van der Waals surface area contributed by atoms with Gasteiger partial charge in [0.05, 0.1) is 16.5 Å². The minimum Gasteiger partial charge on any atom is -0.352 e. The average Bonchev–Trinajstić information content (AvgIpc) is 2.70. The van der Waals surface area contributed by atoms with E-state index in [4.69, 9.17) is 23.2 Å². The molecular formula is C24H30Cl2N2O2. The van der Waals surface area contributed by atoms with Crippen LogP contribution in [0.15, 0.2) is 42.5 Å². The van der Waals surface area contributed by atoms with Crippen LogP contribution >= 0.6 is 23.2 Å². The van der Waals surface area contributed by atoms with E-state index >= 15 is 0 Å². The van der Waals surface area contributed by atoms with Crippen molar-refractivity contribution in [1.29, 1.82) is 0 Å². The van der Waals surface area contributed by atoms with Gasteiger partial charge in [-0.05, 0) is 49.9 Å². The molecule has 0 aromatic heterocycles. The van der Waals surface area contributed by atoms with E-state index in [2.05, 4.69) is 5.32 Å². The molecule has 0 radical (unpaired) electrons. The molecule has 2 unspecified atom stereocenters. The summed E-state index contributed by atoms with van der Waals surface area (Å²) in [5, 5.41) is 3.90. The van der Waals surface area contributed by atoms with Crippen LogP contribution in [0.1, 0.15) is 50.3 Å². The van der Waals surface area contributed by atoms with Crippen LogP contribution in [0.4, 0.5) is 0 Å². The molecule has 0 aliphatic heterocycles. The smallest absolute Gasteiger partial charge is 0.243 e. The van der Waals surface area contributed by atoms with Crippen molar-refractivity contribution in [3.8, 4) is 0 Å². The van der Waals surface area contributed by atoms with Gasteiger partial charge >= 0.3 is 0 Å². The summed E-state index contributed by atoms with van der Waals surface area (Å²) >= 11 is 12.2. The van der Waals surface area contributed by atoms with Gasteiger partial charge in [-0.3, -0.25) is 9.59 Å². The fraction of sp³-hybridized carbons (Fsp3) is 0.417. The molecule has 0 aliphatic rings. The first kappa shape index (κ1) is 24.2. The molecule has 2 amide bonds. The van der Waals surface area contributed by atoms with E-state index in [9.17, 15) is 9.59 Å². The molecule has 2 atom stereocenters. The van der Waals surface area contributed by atoms with Crippen molar-refractivity contribution >= 4 is 35.0 Å². The van der Waals surface area contributed by atoms with E-state index in [-0.39, 0.29) is 30.8 Å². The summed E-state index contributed by atoms with van der Waals surface area (Å²) in [4.78, 5) is 27.9. The number of hydrogen-bond acceptors (Lipinski definition) is 2. The maximum atomic E-state index is 13.3. The van der Waals surface area contributed by atoms with Crippen LogP contribution in [0.3, 0.4) is 0 Å². The average molecular weight is 449 g/mol. The second-order valence-electron chi connectivity index (χ2n) is 7.68. The van der Waals surface area contributed by atoms with Crippen molar-refractivity contribution in [2.75, 3.05) is 0 Å². The predicted molar refractivity (Wildman–Crippen MR) is 124 cm³/mol. The van der Waals surface area contributed by atoms with Crippen molar-refractivity contribution < 1.29 is 9.59 Å². The minimum absolute atomic E-state index is 0.0465. The van der Waals surface area contributed by atoms with Crippen molar-refractivity contribution in [1.82, 2.24) is 10.2 Å². The number of amides is 2. The molecule has 30 heavy (non-hydrogen) atoms. The maximum Gasteiger partial charge on any atom is 0.243 e. The zero-order valence-electron chi connectivity index (χ0n) is 18.0. The van der Waals surface area contributed by atoms with Crippen LogP contribution in [-0.2, 0) is 22.6 Å². The Morgan fingerprint density at radius 2 is 1.73 bits per heavy atom. The first-order valence-corrected chi connectivity index (χ1v) is 11.1. The van der Waals surface area contributed by atoms with Crippen LogP contribution in [-0.4, -0.2) is 28.8 Å². The largest absolute Gasteiger partial charge is 0.352 e. The summed E-state index contributed by atoms with van der Waals surface area (Å²) in [6.45, 7) is 8.18. The van der Waals surface area contributed by atoms with Crippen LogP contribution in [0, 0.1) is 6.92 Å². The zero-order chi connectivity index (χ0) is 22.3. The monoisotopic (exact) mass is 448 g/mol. The normalized spacial score (nSPS) is 12.9. The summed E-state index contributed by atoms with van der Waals surface area (Å²) in [7, 11) is 0. The van der Waals surface area contributed by atoms with Crippen LogP contribution in [0.5, 0.6) is 0 Å². The highest BCUT2D eigenvalue weighted by molar-refractivity contribution is 6.42. The highest BCUT2D eigenvalue weighted by Gasteiger charge is 2.29. The second kappa shape index (κ2) is 11.4. The number of hydrogen-bond donors (Lipinski definition) is 1. The molecule has 4 nitrogen and oxygen atoms in total. The zero-order valence-corrected chi connectivity index (χ0v) is 19.6. The third-order valence-corrected chi connectivity index (χ3v) is 5.90. The highest BCUT2D eigenvalue weighted by Crippen LogP contribution is 2.24. The topological polar surface area (TPSA) is 49.4 Å². The maximum absolute atomic E-state index is 13.3. The second-order valence-corrected chi connectivity index (χ2v) is 8.49. The van der Waals surface area contributed by atoms with E-state index in [1.54, 1.807) is 17.0 Å². The Bertz CT molecular complexity index is 885. The molecule has 2 rings (SSSR count). The molecule has 0 bridgehead atoms. The van der Waals surface area contributed by atoms with Crippen molar-refractivity contribution in [3.05, 3.63) is 69.2 Å². The van der Waals surface area contributed by atoms with Gasteiger partial charge in [0.1, 0.15) is 6.04 Å². The predicted octanol–water partition coefficient (Wildman–Crippen LogP) is 5.57. The number of aryl methyl sites for hydroxylation is 1.